The van der Waals surface area contributed by atoms with E-state index in [0.29, 0.717) is 15.8 Å². The molecular formula is C23H31ClN2O2S. The van der Waals surface area contributed by atoms with Crippen LogP contribution in [-0.2, 0) is 16.3 Å². The normalized spacial score (nSPS) is 17.8. The lowest BCUT2D eigenvalue weighted by Gasteiger charge is -2.38. The molecule has 29 heavy (non-hydrogen) atoms. The minimum Gasteiger partial charge on any atom is -0.368 e. The molecule has 2 heterocycles. The zero-order valence-corrected chi connectivity index (χ0v) is 18.9. The molecule has 0 atom stereocenters. The van der Waals surface area contributed by atoms with E-state index in [4.69, 9.17) is 0 Å². The summed E-state index contributed by atoms with van der Waals surface area (Å²) < 4.78 is 26.1. The van der Waals surface area contributed by atoms with Gasteiger partial charge in [-0.1, -0.05) is 19.1 Å². The highest BCUT2D eigenvalue weighted by molar-refractivity contribution is 7.91. The average molecular weight is 435 g/mol. The van der Waals surface area contributed by atoms with E-state index in [2.05, 4.69) is 16.7 Å². The van der Waals surface area contributed by atoms with Crippen molar-refractivity contribution in [3.63, 3.8) is 0 Å². The van der Waals surface area contributed by atoms with Gasteiger partial charge in [0.15, 0.2) is 0 Å². The molecule has 0 bridgehead atoms. The number of likely N-dealkylation sites (tertiary alicyclic amines) is 1. The first-order valence-corrected chi connectivity index (χ1v) is 11.9. The molecule has 6 heteroatoms. The van der Waals surface area contributed by atoms with Crippen LogP contribution in [0, 0.1) is 6.92 Å². The second kappa shape index (κ2) is 9.07. The van der Waals surface area contributed by atoms with Gasteiger partial charge in [-0.15, -0.1) is 12.4 Å². The molecule has 4 nitrogen and oxygen atoms in total. The van der Waals surface area contributed by atoms with Gasteiger partial charge >= 0.3 is 0 Å². The maximum absolute atomic E-state index is 13.0. The van der Waals surface area contributed by atoms with Crippen molar-refractivity contribution < 1.29 is 8.42 Å². The van der Waals surface area contributed by atoms with Crippen LogP contribution in [-0.4, -0.2) is 45.5 Å². The Morgan fingerprint density at radius 2 is 1.72 bits per heavy atom. The number of rotatable bonds is 5. The van der Waals surface area contributed by atoms with E-state index in [1.165, 1.54) is 50.1 Å². The van der Waals surface area contributed by atoms with Crippen molar-refractivity contribution >= 4 is 27.9 Å². The topological polar surface area (TPSA) is 40.6 Å². The third kappa shape index (κ3) is 4.47. The third-order valence-corrected chi connectivity index (χ3v) is 7.88. The van der Waals surface area contributed by atoms with Gasteiger partial charge in [0.25, 0.3) is 0 Å². The van der Waals surface area contributed by atoms with Crippen molar-refractivity contribution in [3.8, 4) is 0 Å². The summed E-state index contributed by atoms with van der Waals surface area (Å²) in [6.45, 7) is 8.70. The van der Waals surface area contributed by atoms with E-state index in [1.807, 2.05) is 31.2 Å². The van der Waals surface area contributed by atoms with Crippen molar-refractivity contribution in [1.82, 2.24) is 4.90 Å². The quantitative estimate of drug-likeness (QED) is 0.695. The van der Waals surface area contributed by atoms with Crippen LogP contribution in [0.5, 0.6) is 0 Å². The van der Waals surface area contributed by atoms with E-state index < -0.39 is 9.84 Å². The lowest BCUT2D eigenvalue weighted by Crippen LogP contribution is -2.44. The number of fused-ring (bicyclic) bond motifs is 1. The molecule has 0 radical (unpaired) electrons. The zero-order chi connectivity index (χ0) is 19.7. The standard InChI is InChI=1S/C23H30N2O2S.ClH/c1-3-12-24-13-10-20(11-14-24)25-15-9-19-17-22(7-8-23(19)25)28(26,27)21-6-4-5-18(2)16-21;/h4-8,16-17,20H,3,9-15H2,1-2H3;1H. The molecule has 2 aliphatic heterocycles. The van der Waals surface area contributed by atoms with Crippen LogP contribution in [0.3, 0.4) is 0 Å². The first-order chi connectivity index (χ1) is 13.5. The van der Waals surface area contributed by atoms with Gasteiger partial charge in [-0.3, -0.25) is 0 Å². The maximum Gasteiger partial charge on any atom is 0.206 e. The predicted octanol–water partition coefficient (Wildman–Crippen LogP) is 4.49. The molecule has 2 aliphatic rings. The Kier molecular flexibility index (Phi) is 6.92. The lowest BCUT2D eigenvalue weighted by atomic mass is 10.0. The molecule has 0 N–H and O–H groups in total. The van der Waals surface area contributed by atoms with Gasteiger partial charge in [0.2, 0.25) is 9.84 Å². The summed E-state index contributed by atoms with van der Waals surface area (Å²) in [7, 11) is -3.46. The molecule has 0 spiro atoms. The summed E-state index contributed by atoms with van der Waals surface area (Å²) in [5, 5.41) is 0. The van der Waals surface area contributed by atoms with Gasteiger partial charge in [0, 0.05) is 31.4 Å². The second-order valence-electron chi connectivity index (χ2n) is 8.13. The summed E-state index contributed by atoms with van der Waals surface area (Å²) in [5.74, 6) is 0. The zero-order valence-electron chi connectivity index (χ0n) is 17.3. The van der Waals surface area contributed by atoms with Crippen LogP contribution < -0.4 is 4.90 Å². The highest BCUT2D eigenvalue weighted by Crippen LogP contribution is 2.35. The van der Waals surface area contributed by atoms with Gasteiger partial charge in [0.1, 0.15) is 0 Å². The summed E-state index contributed by atoms with van der Waals surface area (Å²) in [6, 6.07) is 13.5. The fourth-order valence-corrected chi connectivity index (χ4v) is 6.06. The van der Waals surface area contributed by atoms with Crippen LogP contribution in [0.1, 0.15) is 37.3 Å². The van der Waals surface area contributed by atoms with Crippen molar-refractivity contribution in [2.75, 3.05) is 31.1 Å². The molecule has 0 saturated carbocycles. The number of piperidine rings is 1. The Bertz CT molecular complexity index is 953. The molecule has 2 aromatic rings. The SMILES string of the molecule is CCCN1CCC(N2CCc3cc(S(=O)(=O)c4cccc(C)c4)ccc32)CC1.Cl. The summed E-state index contributed by atoms with van der Waals surface area (Å²) >= 11 is 0. The minimum absolute atomic E-state index is 0. The van der Waals surface area contributed by atoms with Gasteiger partial charge in [-0.2, -0.15) is 0 Å². The van der Waals surface area contributed by atoms with Crippen LogP contribution in [0.4, 0.5) is 5.69 Å². The molecule has 1 fully saturated rings. The Morgan fingerprint density at radius 3 is 2.41 bits per heavy atom. The number of sulfone groups is 1. The predicted molar refractivity (Wildman–Crippen MR) is 121 cm³/mol. The summed E-state index contributed by atoms with van der Waals surface area (Å²) in [4.78, 5) is 5.87. The summed E-state index contributed by atoms with van der Waals surface area (Å²) in [6.07, 6.45) is 4.54. The van der Waals surface area contributed by atoms with Crippen LogP contribution in [0.2, 0.25) is 0 Å². The molecule has 158 valence electrons. The Labute approximate surface area is 181 Å². The molecule has 0 amide bonds. The first-order valence-electron chi connectivity index (χ1n) is 10.4. The molecule has 2 aromatic carbocycles. The van der Waals surface area contributed by atoms with Gasteiger partial charge in [-0.05, 0) is 80.6 Å². The maximum atomic E-state index is 13.0. The first kappa shape index (κ1) is 22.1. The fraction of sp³-hybridized carbons (Fsp3) is 0.478. The number of hydrogen-bond acceptors (Lipinski definition) is 4. The average Bonchev–Trinajstić information content (AvgIpc) is 3.12. The molecule has 0 aromatic heterocycles. The highest BCUT2D eigenvalue weighted by Gasteiger charge is 2.30. The highest BCUT2D eigenvalue weighted by atomic mass is 35.5. The van der Waals surface area contributed by atoms with Gasteiger partial charge < -0.3 is 9.80 Å². The number of aryl methyl sites for hydroxylation is 1. The van der Waals surface area contributed by atoms with Crippen molar-refractivity contribution in [1.29, 1.82) is 0 Å². The largest absolute Gasteiger partial charge is 0.368 e. The lowest BCUT2D eigenvalue weighted by molar-refractivity contribution is 0.210. The molecule has 4 rings (SSSR count). The van der Waals surface area contributed by atoms with E-state index in [0.717, 1.165) is 18.5 Å². The molecular weight excluding hydrogens is 404 g/mol. The van der Waals surface area contributed by atoms with Crippen LogP contribution >= 0.6 is 12.4 Å². The van der Waals surface area contributed by atoms with E-state index in [9.17, 15) is 8.42 Å². The van der Waals surface area contributed by atoms with E-state index in [1.54, 1.807) is 18.2 Å². The molecule has 0 unspecified atom stereocenters. The minimum atomic E-state index is -3.46. The van der Waals surface area contributed by atoms with Gasteiger partial charge in [-0.25, -0.2) is 8.42 Å². The fourth-order valence-electron chi connectivity index (χ4n) is 4.64. The van der Waals surface area contributed by atoms with Crippen molar-refractivity contribution in [2.24, 2.45) is 0 Å². The molecule has 0 aliphatic carbocycles. The Balaban J connectivity index is 0.00000240. The van der Waals surface area contributed by atoms with Crippen molar-refractivity contribution in [3.05, 3.63) is 53.6 Å². The molecule has 1 saturated heterocycles. The summed E-state index contributed by atoms with van der Waals surface area (Å²) in [5.41, 5.74) is 3.37. The number of benzene rings is 2. The Morgan fingerprint density at radius 1 is 1.00 bits per heavy atom. The number of anilines is 1. The number of hydrogen-bond donors (Lipinski definition) is 0. The second-order valence-corrected chi connectivity index (χ2v) is 10.1. The Hall–Kier alpha value is -1.56. The number of nitrogens with zero attached hydrogens (tertiary/aromatic N) is 2. The van der Waals surface area contributed by atoms with Crippen LogP contribution in [0.15, 0.2) is 52.3 Å². The smallest absolute Gasteiger partial charge is 0.206 e. The van der Waals surface area contributed by atoms with Gasteiger partial charge in [0.05, 0.1) is 9.79 Å². The number of halogens is 1. The van der Waals surface area contributed by atoms with Crippen molar-refractivity contribution in [2.45, 2.75) is 55.4 Å². The third-order valence-electron chi connectivity index (χ3n) is 6.13. The van der Waals surface area contributed by atoms with E-state index in [-0.39, 0.29) is 12.4 Å². The van der Waals surface area contributed by atoms with Crippen LogP contribution in [0.25, 0.3) is 0 Å². The monoisotopic (exact) mass is 434 g/mol. The van der Waals surface area contributed by atoms with E-state index >= 15 is 0 Å².